The molecular weight excluding hydrogens is 98.1 g/mol. The second-order valence-corrected chi connectivity index (χ2v) is 3.26. The third kappa shape index (κ3) is 0.510. The molecule has 46 valence electrons. The van der Waals surface area contributed by atoms with Crippen molar-refractivity contribution in [3.8, 4) is 0 Å². The SMILES string of the molecule is C[C@H]1CC2CCC1N2. The highest BCUT2D eigenvalue weighted by Crippen LogP contribution is 2.32. The van der Waals surface area contributed by atoms with E-state index in [4.69, 9.17) is 0 Å². The summed E-state index contributed by atoms with van der Waals surface area (Å²) in [5, 5.41) is 3.58. The summed E-state index contributed by atoms with van der Waals surface area (Å²) in [6, 6.07) is 1.79. The average molecular weight is 111 g/mol. The maximum Gasteiger partial charge on any atom is 0.00964 e. The van der Waals surface area contributed by atoms with Gasteiger partial charge in [-0.25, -0.2) is 0 Å². The van der Waals surface area contributed by atoms with E-state index in [1.165, 1.54) is 19.3 Å². The Hall–Kier alpha value is -0.0400. The lowest BCUT2D eigenvalue weighted by atomic mass is 9.91. The van der Waals surface area contributed by atoms with Crippen LogP contribution in [0.4, 0.5) is 0 Å². The molecule has 2 unspecified atom stereocenters. The molecule has 2 heterocycles. The van der Waals surface area contributed by atoms with Gasteiger partial charge in [-0.3, -0.25) is 0 Å². The van der Waals surface area contributed by atoms with Crippen molar-refractivity contribution in [2.24, 2.45) is 5.92 Å². The smallest absolute Gasteiger partial charge is 0.00964 e. The minimum atomic E-state index is 0.889. The molecule has 2 aliphatic rings. The van der Waals surface area contributed by atoms with Gasteiger partial charge < -0.3 is 5.32 Å². The highest BCUT2D eigenvalue weighted by atomic mass is 15.0. The molecule has 0 amide bonds. The molecule has 0 aromatic rings. The van der Waals surface area contributed by atoms with Crippen LogP contribution in [0.15, 0.2) is 0 Å². The first-order chi connectivity index (χ1) is 3.86. The lowest BCUT2D eigenvalue weighted by Crippen LogP contribution is -2.20. The number of hydrogen-bond donors (Lipinski definition) is 1. The van der Waals surface area contributed by atoms with Crippen LogP contribution in [0, 0.1) is 5.92 Å². The van der Waals surface area contributed by atoms with Gasteiger partial charge >= 0.3 is 0 Å². The van der Waals surface area contributed by atoms with Gasteiger partial charge in [0.1, 0.15) is 0 Å². The molecule has 1 N–H and O–H groups in total. The largest absolute Gasteiger partial charge is 0.311 e. The molecule has 2 bridgehead atoms. The molecular formula is C7H13N. The minimum Gasteiger partial charge on any atom is -0.311 e. The highest BCUT2D eigenvalue weighted by molar-refractivity contribution is 4.95. The number of rotatable bonds is 0. The second-order valence-electron chi connectivity index (χ2n) is 3.26. The standard InChI is InChI=1S/C7H13N/c1-5-4-6-2-3-7(5)8-6/h5-8H,2-4H2,1H3/t5-,6?,7?/m0/s1. The van der Waals surface area contributed by atoms with Gasteiger partial charge in [-0.05, 0) is 25.2 Å². The molecule has 2 saturated heterocycles. The lowest BCUT2D eigenvalue weighted by Gasteiger charge is -2.13. The van der Waals surface area contributed by atoms with Crippen LogP contribution >= 0.6 is 0 Å². The van der Waals surface area contributed by atoms with Gasteiger partial charge in [0.05, 0.1) is 0 Å². The van der Waals surface area contributed by atoms with Crippen LogP contribution in [-0.4, -0.2) is 12.1 Å². The number of hydrogen-bond acceptors (Lipinski definition) is 1. The Morgan fingerprint density at radius 3 is 2.50 bits per heavy atom. The summed E-state index contributed by atoms with van der Waals surface area (Å²) >= 11 is 0. The van der Waals surface area contributed by atoms with E-state index in [9.17, 15) is 0 Å². The van der Waals surface area contributed by atoms with E-state index in [0.29, 0.717) is 0 Å². The predicted molar refractivity (Wildman–Crippen MR) is 33.7 cm³/mol. The molecule has 0 aromatic heterocycles. The normalized spacial score (nSPS) is 52.9. The van der Waals surface area contributed by atoms with Crippen LogP contribution in [0.2, 0.25) is 0 Å². The van der Waals surface area contributed by atoms with E-state index < -0.39 is 0 Å². The quantitative estimate of drug-likeness (QED) is 0.494. The molecule has 3 atom stereocenters. The Bertz CT molecular complexity index is 98.6. The van der Waals surface area contributed by atoms with E-state index in [1.807, 2.05) is 0 Å². The zero-order chi connectivity index (χ0) is 5.56. The lowest BCUT2D eigenvalue weighted by molar-refractivity contribution is 0.439. The van der Waals surface area contributed by atoms with Crippen molar-refractivity contribution in [3.05, 3.63) is 0 Å². The van der Waals surface area contributed by atoms with Crippen LogP contribution in [-0.2, 0) is 0 Å². The van der Waals surface area contributed by atoms with Crippen molar-refractivity contribution in [2.45, 2.75) is 38.3 Å². The summed E-state index contributed by atoms with van der Waals surface area (Å²) in [7, 11) is 0. The highest BCUT2D eigenvalue weighted by Gasteiger charge is 2.35. The second kappa shape index (κ2) is 1.47. The van der Waals surface area contributed by atoms with Gasteiger partial charge in [0.2, 0.25) is 0 Å². The molecule has 0 saturated carbocycles. The van der Waals surface area contributed by atoms with Gasteiger partial charge in [-0.1, -0.05) is 6.92 Å². The van der Waals surface area contributed by atoms with Crippen LogP contribution in [0.3, 0.4) is 0 Å². The average Bonchev–Trinajstić information content (AvgIpc) is 2.23. The van der Waals surface area contributed by atoms with Crippen LogP contribution in [0.1, 0.15) is 26.2 Å². The summed E-state index contributed by atoms with van der Waals surface area (Å²) in [6.45, 7) is 2.36. The third-order valence-corrected chi connectivity index (χ3v) is 2.62. The molecule has 0 spiro atoms. The molecule has 0 aromatic carbocycles. The molecule has 8 heavy (non-hydrogen) atoms. The maximum atomic E-state index is 3.58. The van der Waals surface area contributed by atoms with Gasteiger partial charge in [-0.15, -0.1) is 0 Å². The van der Waals surface area contributed by atoms with Gasteiger partial charge in [0.25, 0.3) is 0 Å². The Balaban J connectivity index is 2.11. The fourth-order valence-electron chi connectivity index (χ4n) is 2.10. The van der Waals surface area contributed by atoms with Crippen molar-refractivity contribution in [1.82, 2.24) is 5.32 Å². The fourth-order valence-corrected chi connectivity index (χ4v) is 2.10. The third-order valence-electron chi connectivity index (χ3n) is 2.62. The molecule has 2 fully saturated rings. The van der Waals surface area contributed by atoms with Crippen molar-refractivity contribution < 1.29 is 0 Å². The zero-order valence-electron chi connectivity index (χ0n) is 5.35. The van der Waals surface area contributed by atoms with Crippen LogP contribution in [0.5, 0.6) is 0 Å². The van der Waals surface area contributed by atoms with E-state index in [-0.39, 0.29) is 0 Å². The summed E-state index contributed by atoms with van der Waals surface area (Å²) < 4.78 is 0. The fraction of sp³-hybridized carbons (Fsp3) is 1.00. The summed E-state index contributed by atoms with van der Waals surface area (Å²) in [6.07, 6.45) is 4.31. The van der Waals surface area contributed by atoms with Gasteiger partial charge in [0, 0.05) is 12.1 Å². The topological polar surface area (TPSA) is 12.0 Å². The van der Waals surface area contributed by atoms with Crippen molar-refractivity contribution in [3.63, 3.8) is 0 Å². The van der Waals surface area contributed by atoms with Crippen molar-refractivity contribution in [1.29, 1.82) is 0 Å². The summed E-state index contributed by atoms with van der Waals surface area (Å²) in [5.74, 6) is 0.966. The maximum absolute atomic E-state index is 3.58. The molecule has 1 heteroatoms. The summed E-state index contributed by atoms with van der Waals surface area (Å²) in [4.78, 5) is 0. The van der Waals surface area contributed by atoms with Crippen molar-refractivity contribution in [2.75, 3.05) is 0 Å². The first kappa shape index (κ1) is 4.80. The Morgan fingerprint density at radius 2 is 2.25 bits per heavy atom. The predicted octanol–water partition coefficient (Wildman–Crippen LogP) is 1.15. The Kier molecular flexibility index (Phi) is 0.884. The number of fused-ring (bicyclic) bond motifs is 2. The Labute approximate surface area is 50.5 Å². The van der Waals surface area contributed by atoms with E-state index in [2.05, 4.69) is 12.2 Å². The molecule has 0 radical (unpaired) electrons. The first-order valence-corrected chi connectivity index (χ1v) is 3.62. The van der Waals surface area contributed by atoms with Crippen LogP contribution in [0.25, 0.3) is 0 Å². The van der Waals surface area contributed by atoms with Gasteiger partial charge in [0.15, 0.2) is 0 Å². The molecule has 2 aliphatic heterocycles. The molecule has 2 rings (SSSR count). The molecule has 0 aliphatic carbocycles. The monoisotopic (exact) mass is 111 g/mol. The summed E-state index contributed by atoms with van der Waals surface area (Å²) in [5.41, 5.74) is 0. The zero-order valence-corrected chi connectivity index (χ0v) is 5.35. The number of nitrogens with one attached hydrogen (secondary N) is 1. The van der Waals surface area contributed by atoms with Crippen LogP contribution < -0.4 is 5.32 Å². The molecule has 1 nitrogen and oxygen atoms in total. The van der Waals surface area contributed by atoms with E-state index in [1.54, 1.807) is 0 Å². The first-order valence-electron chi connectivity index (χ1n) is 3.62. The Morgan fingerprint density at radius 1 is 1.38 bits per heavy atom. The minimum absolute atomic E-state index is 0.889. The van der Waals surface area contributed by atoms with Crippen molar-refractivity contribution >= 4 is 0 Å². The van der Waals surface area contributed by atoms with Gasteiger partial charge in [-0.2, -0.15) is 0 Å². The van der Waals surface area contributed by atoms with E-state index in [0.717, 1.165) is 18.0 Å². The van der Waals surface area contributed by atoms with E-state index >= 15 is 0 Å².